The number of aliphatic hydroxyl groups is 4. The lowest BCUT2D eigenvalue weighted by Crippen LogP contribution is -2.50. The van der Waals surface area contributed by atoms with Crippen LogP contribution in [0.4, 0.5) is 0 Å². The number of ether oxygens (including phenoxy) is 2. The molecule has 1 saturated heterocycles. The summed E-state index contributed by atoms with van der Waals surface area (Å²) in [6.45, 7) is -0.412. The number of aliphatic hydroxyl groups excluding tert-OH is 4. The van der Waals surface area contributed by atoms with Gasteiger partial charge < -0.3 is 29.9 Å². The highest BCUT2D eigenvalue weighted by Crippen LogP contribution is 2.20. The molecular weight excluding hydrogens is 192 g/mol. The predicted octanol–water partition coefficient (Wildman–Crippen LogP) is -2.18. The first-order chi connectivity index (χ1) is 6.69. The molecule has 0 aromatic carbocycles. The maximum atomic E-state index is 9.37. The Balaban J connectivity index is 2.41. The molecule has 1 heterocycles. The van der Waals surface area contributed by atoms with Crippen LogP contribution in [0, 0.1) is 0 Å². The van der Waals surface area contributed by atoms with E-state index in [1.165, 1.54) is 0 Å². The van der Waals surface area contributed by atoms with E-state index in [1.54, 1.807) is 0 Å². The Morgan fingerprint density at radius 2 is 2.00 bits per heavy atom. The molecule has 4 atom stereocenters. The molecule has 0 aliphatic carbocycles. The van der Waals surface area contributed by atoms with Gasteiger partial charge in [0, 0.05) is 6.42 Å². The van der Waals surface area contributed by atoms with Gasteiger partial charge in [-0.3, -0.25) is 0 Å². The maximum absolute atomic E-state index is 9.37. The van der Waals surface area contributed by atoms with Gasteiger partial charge in [-0.15, -0.1) is 0 Å². The maximum Gasteiger partial charge on any atom is 0.160 e. The number of hydrogen-bond donors (Lipinski definition) is 4. The summed E-state index contributed by atoms with van der Waals surface area (Å²) in [4.78, 5) is 0. The summed E-state index contributed by atoms with van der Waals surface area (Å²) < 4.78 is 10.2. The molecule has 14 heavy (non-hydrogen) atoms. The third-order valence-corrected chi connectivity index (χ3v) is 2.11. The third-order valence-electron chi connectivity index (χ3n) is 2.11. The summed E-state index contributed by atoms with van der Waals surface area (Å²) in [6, 6.07) is 0. The van der Waals surface area contributed by atoms with Crippen LogP contribution in [0.2, 0.25) is 0 Å². The van der Waals surface area contributed by atoms with Crippen molar-refractivity contribution in [1.29, 1.82) is 0 Å². The SMILES string of the molecule is OCCOC1C[C@@H](O)C(O)[C@@H](CO)O1. The van der Waals surface area contributed by atoms with Crippen LogP contribution < -0.4 is 0 Å². The van der Waals surface area contributed by atoms with Crippen molar-refractivity contribution in [3.8, 4) is 0 Å². The Bertz CT molecular complexity index is 164. The quantitative estimate of drug-likeness (QED) is 0.419. The van der Waals surface area contributed by atoms with Gasteiger partial charge >= 0.3 is 0 Å². The van der Waals surface area contributed by atoms with E-state index in [0.717, 1.165) is 0 Å². The van der Waals surface area contributed by atoms with Crippen molar-refractivity contribution in [1.82, 2.24) is 0 Å². The largest absolute Gasteiger partial charge is 0.394 e. The van der Waals surface area contributed by atoms with Crippen molar-refractivity contribution >= 4 is 0 Å². The van der Waals surface area contributed by atoms with Crippen LogP contribution in [0.25, 0.3) is 0 Å². The monoisotopic (exact) mass is 208 g/mol. The van der Waals surface area contributed by atoms with E-state index < -0.39 is 24.6 Å². The van der Waals surface area contributed by atoms with Gasteiger partial charge in [0.2, 0.25) is 0 Å². The molecule has 1 aliphatic rings. The Kier molecular flexibility index (Phi) is 4.73. The second-order valence-corrected chi connectivity index (χ2v) is 3.17. The van der Waals surface area contributed by atoms with Crippen molar-refractivity contribution in [3.63, 3.8) is 0 Å². The lowest BCUT2D eigenvalue weighted by atomic mass is 10.0. The van der Waals surface area contributed by atoms with Crippen molar-refractivity contribution in [3.05, 3.63) is 0 Å². The van der Waals surface area contributed by atoms with E-state index >= 15 is 0 Å². The molecule has 0 amide bonds. The molecule has 4 N–H and O–H groups in total. The molecule has 0 radical (unpaired) electrons. The van der Waals surface area contributed by atoms with E-state index in [1.807, 2.05) is 0 Å². The molecule has 1 fully saturated rings. The number of hydrogen-bond acceptors (Lipinski definition) is 6. The zero-order valence-corrected chi connectivity index (χ0v) is 7.74. The Morgan fingerprint density at radius 1 is 1.29 bits per heavy atom. The van der Waals surface area contributed by atoms with Gasteiger partial charge in [0.1, 0.15) is 12.2 Å². The van der Waals surface area contributed by atoms with Crippen molar-refractivity contribution in [2.24, 2.45) is 0 Å². The van der Waals surface area contributed by atoms with E-state index in [9.17, 15) is 10.2 Å². The molecule has 1 aliphatic heterocycles. The summed E-state index contributed by atoms with van der Waals surface area (Å²) >= 11 is 0. The lowest BCUT2D eigenvalue weighted by Gasteiger charge is -2.35. The van der Waals surface area contributed by atoms with Crippen LogP contribution in [-0.2, 0) is 9.47 Å². The van der Waals surface area contributed by atoms with Gasteiger partial charge in [-0.05, 0) is 0 Å². The van der Waals surface area contributed by atoms with E-state index in [4.69, 9.17) is 19.7 Å². The first-order valence-corrected chi connectivity index (χ1v) is 4.54. The van der Waals surface area contributed by atoms with Crippen LogP contribution in [-0.4, -0.2) is 64.8 Å². The van der Waals surface area contributed by atoms with Crippen LogP contribution in [0.15, 0.2) is 0 Å². The highest BCUT2D eigenvalue weighted by molar-refractivity contribution is 4.82. The van der Waals surface area contributed by atoms with Gasteiger partial charge in [0.15, 0.2) is 6.29 Å². The Labute approximate surface area is 81.7 Å². The fourth-order valence-electron chi connectivity index (χ4n) is 1.36. The summed E-state index contributed by atoms with van der Waals surface area (Å²) in [5, 5.41) is 36.0. The van der Waals surface area contributed by atoms with Gasteiger partial charge in [0.25, 0.3) is 0 Å². The van der Waals surface area contributed by atoms with Crippen LogP contribution >= 0.6 is 0 Å². The summed E-state index contributed by atoms with van der Waals surface area (Å²) in [7, 11) is 0. The molecule has 0 aromatic heterocycles. The third kappa shape index (κ3) is 2.88. The molecule has 0 spiro atoms. The average Bonchev–Trinajstić information content (AvgIpc) is 2.19. The predicted molar refractivity (Wildman–Crippen MR) is 45.4 cm³/mol. The summed E-state index contributed by atoms with van der Waals surface area (Å²) in [5.41, 5.74) is 0. The fourth-order valence-corrected chi connectivity index (χ4v) is 1.36. The lowest BCUT2D eigenvalue weighted by molar-refractivity contribution is -0.258. The average molecular weight is 208 g/mol. The molecule has 0 aromatic rings. The molecule has 1 rings (SSSR count). The van der Waals surface area contributed by atoms with Gasteiger partial charge in [0.05, 0.1) is 25.9 Å². The van der Waals surface area contributed by atoms with E-state index in [0.29, 0.717) is 0 Å². The molecule has 6 nitrogen and oxygen atoms in total. The molecule has 0 saturated carbocycles. The fraction of sp³-hybridized carbons (Fsp3) is 1.00. The van der Waals surface area contributed by atoms with Crippen molar-refractivity contribution in [2.75, 3.05) is 19.8 Å². The van der Waals surface area contributed by atoms with Gasteiger partial charge in [-0.25, -0.2) is 0 Å². The summed E-state index contributed by atoms with van der Waals surface area (Å²) in [6.07, 6.45) is -3.43. The van der Waals surface area contributed by atoms with Crippen molar-refractivity contribution < 1.29 is 29.9 Å². The van der Waals surface area contributed by atoms with Crippen LogP contribution in [0.5, 0.6) is 0 Å². The zero-order chi connectivity index (χ0) is 10.6. The molecular formula is C8H16O6. The second-order valence-electron chi connectivity index (χ2n) is 3.17. The highest BCUT2D eigenvalue weighted by atomic mass is 16.7. The Hall–Kier alpha value is -0.240. The minimum atomic E-state index is -1.09. The van der Waals surface area contributed by atoms with E-state index in [-0.39, 0.29) is 26.2 Å². The van der Waals surface area contributed by atoms with Crippen molar-refractivity contribution in [2.45, 2.75) is 31.0 Å². The standard InChI is InChI=1S/C8H16O6/c9-1-2-13-7-3-5(11)8(12)6(4-10)14-7/h5-12H,1-4H2/t5-,6-,7?,8?/m1/s1. The smallest absolute Gasteiger partial charge is 0.160 e. The first-order valence-electron chi connectivity index (χ1n) is 4.54. The molecule has 0 bridgehead atoms. The first kappa shape index (κ1) is 11.8. The molecule has 84 valence electrons. The minimum absolute atomic E-state index is 0.103. The Morgan fingerprint density at radius 3 is 2.57 bits per heavy atom. The van der Waals surface area contributed by atoms with Gasteiger partial charge in [-0.2, -0.15) is 0 Å². The van der Waals surface area contributed by atoms with Crippen LogP contribution in [0.1, 0.15) is 6.42 Å². The minimum Gasteiger partial charge on any atom is -0.394 e. The molecule has 6 heteroatoms. The van der Waals surface area contributed by atoms with E-state index in [2.05, 4.69) is 0 Å². The molecule has 2 unspecified atom stereocenters. The van der Waals surface area contributed by atoms with Gasteiger partial charge in [-0.1, -0.05) is 0 Å². The topological polar surface area (TPSA) is 99.4 Å². The highest BCUT2D eigenvalue weighted by Gasteiger charge is 2.36. The zero-order valence-electron chi connectivity index (χ0n) is 7.74. The second kappa shape index (κ2) is 5.59. The number of rotatable bonds is 4. The normalized spacial score (nSPS) is 38.6. The van der Waals surface area contributed by atoms with Crippen LogP contribution in [0.3, 0.4) is 0 Å². The summed E-state index contributed by atoms with van der Waals surface area (Å²) in [5.74, 6) is 0.